The summed E-state index contributed by atoms with van der Waals surface area (Å²) in [4.78, 5) is 40.8. The van der Waals surface area contributed by atoms with Crippen LogP contribution < -0.4 is 0 Å². The number of halogens is 1. The topological polar surface area (TPSA) is 88.5 Å². The lowest BCUT2D eigenvalue weighted by Crippen LogP contribution is -2.68. The predicted octanol–water partition coefficient (Wildman–Crippen LogP) is 2.34. The van der Waals surface area contributed by atoms with Gasteiger partial charge in [0.05, 0.1) is 5.41 Å². The van der Waals surface area contributed by atoms with E-state index in [2.05, 4.69) is 11.6 Å². The van der Waals surface area contributed by atoms with Gasteiger partial charge in [0.15, 0.2) is 0 Å². The van der Waals surface area contributed by atoms with E-state index in [4.69, 9.17) is 5.11 Å². The second-order valence-electron chi connectivity index (χ2n) is 7.87. The molecule has 6 rings (SSSR count). The van der Waals surface area contributed by atoms with Gasteiger partial charge in [-0.3, -0.25) is 19.2 Å². The number of carboxylic acid groups (broad SMARTS) is 1. The number of Topliss-reactive ketones (excluding diaryl/α,β-unsaturated/α-hetero) is 2. The lowest BCUT2D eigenvalue weighted by atomic mass is 9.34. The number of ketones is 2. The van der Waals surface area contributed by atoms with Crippen molar-refractivity contribution in [3.8, 4) is 0 Å². The third-order valence-electron chi connectivity index (χ3n) is 6.29. The molecule has 6 aliphatic rings. The number of aliphatic carboxylic acids is 1. The third-order valence-corrected chi connectivity index (χ3v) is 6.55. The summed E-state index contributed by atoms with van der Waals surface area (Å²) in [7, 11) is 0. The summed E-state index contributed by atoms with van der Waals surface area (Å²) < 4.78 is 0. The lowest BCUT2D eigenvalue weighted by Gasteiger charge is -2.66. The van der Waals surface area contributed by atoms with Gasteiger partial charge in [0.25, 0.3) is 5.24 Å². The molecule has 6 saturated carbocycles. The molecule has 22 heavy (non-hydrogen) atoms. The summed E-state index contributed by atoms with van der Waals surface area (Å²) in [5, 5.41) is 7.81. The number of rotatable bonds is 3. The van der Waals surface area contributed by atoms with Gasteiger partial charge < -0.3 is 5.11 Å². The van der Waals surface area contributed by atoms with Crippen molar-refractivity contribution in [2.45, 2.75) is 52.4 Å². The first-order valence-electron chi connectivity index (χ1n) is 7.47. The molecule has 0 amide bonds. The largest absolute Gasteiger partial charge is 0.481 e. The molecule has 0 aromatic heterocycles. The Bertz CT molecular complexity index is 532. The van der Waals surface area contributed by atoms with Gasteiger partial charge in [-0.05, 0) is 67.9 Å². The van der Waals surface area contributed by atoms with Crippen LogP contribution in [0.15, 0.2) is 0 Å². The minimum absolute atomic E-state index is 0.167. The van der Waals surface area contributed by atoms with E-state index < -0.39 is 22.4 Å². The monoisotopic (exact) mass is 326 g/mol. The molecule has 120 valence electrons. The van der Waals surface area contributed by atoms with Crippen LogP contribution in [0.3, 0.4) is 0 Å². The Morgan fingerprint density at radius 1 is 0.818 bits per heavy atom. The van der Waals surface area contributed by atoms with Crippen molar-refractivity contribution >= 4 is 34.4 Å². The average molecular weight is 327 g/mol. The molecule has 0 radical (unpaired) electrons. The normalized spacial score (nSPS) is 45.6. The van der Waals surface area contributed by atoms with Gasteiger partial charge in [-0.25, -0.2) is 0 Å². The molecule has 6 aliphatic carbocycles. The van der Waals surface area contributed by atoms with E-state index in [0.717, 1.165) is 17.8 Å². The highest BCUT2D eigenvalue weighted by atomic mass is 35.5. The maximum absolute atomic E-state index is 11.0. The van der Waals surface area contributed by atoms with Crippen molar-refractivity contribution in [2.24, 2.45) is 21.7 Å². The second kappa shape index (κ2) is 4.19. The molecular formula is C16H19ClO5. The van der Waals surface area contributed by atoms with E-state index in [0.29, 0.717) is 19.3 Å². The molecule has 0 unspecified atom stereocenters. The highest BCUT2D eigenvalue weighted by Gasteiger charge is 2.97. The molecule has 1 N–H and O–H groups in total. The maximum atomic E-state index is 11.0. The Kier molecular flexibility index (Phi) is 2.98. The Morgan fingerprint density at radius 3 is 1.27 bits per heavy atom. The highest BCUT2D eigenvalue weighted by molar-refractivity contribution is 6.80. The molecule has 6 heteroatoms. The summed E-state index contributed by atoms with van der Waals surface area (Å²) in [6.45, 7) is 2.68. The fraction of sp³-hybridized carbons (Fsp3) is 0.750. The molecule has 0 heterocycles. The number of carbonyl (C=O) groups is 4. The smallest absolute Gasteiger partial charge is 0.309 e. The quantitative estimate of drug-likeness (QED) is 0.635. The van der Waals surface area contributed by atoms with Gasteiger partial charge in [-0.2, -0.15) is 0 Å². The summed E-state index contributed by atoms with van der Waals surface area (Å²) in [5.74, 6) is -1.17. The van der Waals surface area contributed by atoms with E-state index in [-0.39, 0.29) is 11.2 Å². The number of carbonyl (C=O) groups excluding carboxylic acids is 3. The minimum atomic E-state index is -0.907. The summed E-state index contributed by atoms with van der Waals surface area (Å²) in [6, 6.07) is 0. The van der Waals surface area contributed by atoms with Crippen LogP contribution in [0.25, 0.3) is 0 Å². The molecule has 0 saturated heterocycles. The van der Waals surface area contributed by atoms with Crippen LogP contribution in [-0.4, -0.2) is 27.9 Å². The SMILES string of the molecule is C1C23CC12C3.CC(=O)C(=O)Cl.CC(=O)C12CC(C(=O)O)(C1)C2. The van der Waals surface area contributed by atoms with Gasteiger partial charge in [-0.15, -0.1) is 0 Å². The maximum Gasteiger partial charge on any atom is 0.309 e. The van der Waals surface area contributed by atoms with Crippen LogP contribution in [0, 0.1) is 21.7 Å². The van der Waals surface area contributed by atoms with E-state index >= 15 is 0 Å². The fourth-order valence-corrected chi connectivity index (χ4v) is 4.04. The van der Waals surface area contributed by atoms with Crippen LogP contribution in [0.5, 0.6) is 0 Å². The molecule has 0 spiro atoms. The van der Waals surface area contributed by atoms with Gasteiger partial charge >= 0.3 is 5.97 Å². The van der Waals surface area contributed by atoms with Crippen LogP contribution in [-0.2, 0) is 19.2 Å². The zero-order chi connectivity index (χ0) is 16.6. The van der Waals surface area contributed by atoms with Crippen molar-refractivity contribution in [1.82, 2.24) is 0 Å². The molecule has 0 atom stereocenters. The van der Waals surface area contributed by atoms with Crippen LogP contribution >= 0.6 is 11.6 Å². The third kappa shape index (κ3) is 2.05. The van der Waals surface area contributed by atoms with Gasteiger partial charge in [0, 0.05) is 12.3 Å². The predicted molar refractivity (Wildman–Crippen MR) is 77.3 cm³/mol. The first-order chi connectivity index (χ1) is 10.0. The molecule has 0 aliphatic heterocycles. The zero-order valence-corrected chi connectivity index (χ0v) is 13.5. The number of hydrogen-bond acceptors (Lipinski definition) is 4. The van der Waals surface area contributed by atoms with E-state index in [1.54, 1.807) is 26.2 Å². The van der Waals surface area contributed by atoms with Gasteiger partial charge in [0.1, 0.15) is 5.78 Å². The first kappa shape index (κ1) is 15.7. The van der Waals surface area contributed by atoms with Crippen LogP contribution in [0.2, 0.25) is 0 Å². The van der Waals surface area contributed by atoms with E-state index in [1.807, 2.05) is 0 Å². The molecule has 5 nitrogen and oxygen atoms in total. The average Bonchev–Trinajstić information content (AvgIpc) is 3.00. The number of hydrogen-bond donors (Lipinski definition) is 1. The Hall–Kier alpha value is -1.23. The van der Waals surface area contributed by atoms with Crippen LogP contribution in [0.1, 0.15) is 52.4 Å². The molecule has 6 fully saturated rings. The van der Waals surface area contributed by atoms with Crippen molar-refractivity contribution in [2.75, 3.05) is 0 Å². The minimum Gasteiger partial charge on any atom is -0.481 e. The second-order valence-corrected chi connectivity index (χ2v) is 8.22. The zero-order valence-electron chi connectivity index (χ0n) is 12.7. The van der Waals surface area contributed by atoms with Crippen molar-refractivity contribution in [3.63, 3.8) is 0 Å². The van der Waals surface area contributed by atoms with E-state index in [1.165, 1.54) is 0 Å². The number of carboxylic acids is 1. The molecule has 0 aromatic carbocycles. The Balaban J connectivity index is 0.000000109. The van der Waals surface area contributed by atoms with Crippen molar-refractivity contribution in [1.29, 1.82) is 0 Å². The van der Waals surface area contributed by atoms with Gasteiger partial charge in [0.2, 0.25) is 5.78 Å². The highest BCUT2D eigenvalue weighted by Crippen LogP contribution is 3.06. The summed E-state index contributed by atoms with van der Waals surface area (Å²) in [5.41, 5.74) is 1.42. The first-order valence-corrected chi connectivity index (χ1v) is 7.85. The van der Waals surface area contributed by atoms with E-state index in [9.17, 15) is 19.2 Å². The summed E-state index contributed by atoms with van der Waals surface area (Å²) in [6.07, 6.45) is 6.64. The van der Waals surface area contributed by atoms with Crippen molar-refractivity contribution < 1.29 is 24.3 Å². The lowest BCUT2D eigenvalue weighted by molar-refractivity contribution is -0.218. The Morgan fingerprint density at radius 2 is 1.14 bits per heavy atom. The molecule has 2 bridgehead atoms. The summed E-state index contributed by atoms with van der Waals surface area (Å²) >= 11 is 4.62. The molecular weight excluding hydrogens is 308 g/mol. The van der Waals surface area contributed by atoms with Crippen LogP contribution in [0.4, 0.5) is 0 Å². The van der Waals surface area contributed by atoms with Gasteiger partial charge in [-0.1, -0.05) is 0 Å². The fourth-order valence-electron chi connectivity index (χ4n) is 4.04. The Labute approximate surface area is 133 Å². The van der Waals surface area contributed by atoms with Crippen molar-refractivity contribution in [3.05, 3.63) is 0 Å². The molecule has 0 aromatic rings. The standard InChI is InChI=1S/C8H10O3.C5H6.C3H3ClO2/c1-5(9)7-2-8(3-7,4-7)6(10)11;1-4-2-5(1,4)3-4;1-2(5)3(4)6/h2-4H2,1H3,(H,10,11);1-3H2;1H3.